The van der Waals surface area contributed by atoms with E-state index in [-0.39, 0.29) is 18.0 Å². The van der Waals surface area contributed by atoms with Crippen molar-refractivity contribution in [3.05, 3.63) is 53.9 Å². The van der Waals surface area contributed by atoms with E-state index in [0.29, 0.717) is 25.3 Å². The predicted molar refractivity (Wildman–Crippen MR) is 118 cm³/mol. The number of morpholine rings is 1. The Morgan fingerprint density at radius 3 is 2.61 bits per heavy atom. The number of nitrogens with zero attached hydrogens (tertiary/aromatic N) is 4. The van der Waals surface area contributed by atoms with E-state index in [1.807, 2.05) is 22.9 Å². The fourth-order valence-corrected chi connectivity index (χ4v) is 3.91. The van der Waals surface area contributed by atoms with Crippen LogP contribution in [0.15, 0.2) is 42.7 Å². The molecule has 164 valence electrons. The van der Waals surface area contributed by atoms with Gasteiger partial charge in [-0.1, -0.05) is 12.1 Å². The summed E-state index contributed by atoms with van der Waals surface area (Å²) in [5.74, 6) is 0.674. The van der Waals surface area contributed by atoms with E-state index in [4.69, 9.17) is 9.47 Å². The lowest BCUT2D eigenvalue weighted by Crippen LogP contribution is -2.43. The zero-order valence-corrected chi connectivity index (χ0v) is 18.2. The lowest BCUT2D eigenvalue weighted by atomic mass is 10.0. The molecular formula is C23H29N5O3. The Kier molecular flexibility index (Phi) is 6.48. The number of pyridine rings is 1. The highest BCUT2D eigenvalue weighted by Crippen LogP contribution is 2.24. The van der Waals surface area contributed by atoms with Crippen LogP contribution in [0.3, 0.4) is 0 Å². The van der Waals surface area contributed by atoms with Gasteiger partial charge in [-0.15, -0.1) is 0 Å². The van der Waals surface area contributed by atoms with Crippen LogP contribution in [-0.2, 0) is 4.74 Å². The molecule has 0 aliphatic carbocycles. The minimum atomic E-state index is -0.140. The van der Waals surface area contributed by atoms with E-state index in [1.165, 1.54) is 0 Å². The molecule has 1 unspecified atom stereocenters. The first-order chi connectivity index (χ1) is 15.1. The Balaban J connectivity index is 1.50. The maximum atomic E-state index is 12.9. The van der Waals surface area contributed by atoms with Gasteiger partial charge in [0.2, 0.25) is 0 Å². The van der Waals surface area contributed by atoms with Gasteiger partial charge in [-0.25, -0.2) is 9.67 Å². The topological polar surface area (TPSA) is 81.5 Å². The normalized spacial score (nSPS) is 15.9. The molecule has 0 radical (unpaired) electrons. The minimum Gasteiger partial charge on any atom is -0.497 e. The second kappa shape index (κ2) is 9.45. The molecule has 31 heavy (non-hydrogen) atoms. The van der Waals surface area contributed by atoms with Crippen LogP contribution in [0.25, 0.3) is 11.0 Å². The number of nitrogens with one attached hydrogen (secondary N) is 1. The summed E-state index contributed by atoms with van der Waals surface area (Å²) >= 11 is 0. The van der Waals surface area contributed by atoms with Crippen molar-refractivity contribution in [2.75, 3.05) is 40.0 Å². The second-order valence-electron chi connectivity index (χ2n) is 7.97. The zero-order chi connectivity index (χ0) is 21.8. The van der Waals surface area contributed by atoms with Gasteiger partial charge in [0, 0.05) is 37.3 Å². The first kappa shape index (κ1) is 21.3. The van der Waals surface area contributed by atoms with Gasteiger partial charge >= 0.3 is 0 Å². The summed E-state index contributed by atoms with van der Waals surface area (Å²) < 4.78 is 12.7. The number of fused-ring (bicyclic) bond motifs is 1. The molecule has 0 spiro atoms. The van der Waals surface area contributed by atoms with Gasteiger partial charge in [0.1, 0.15) is 5.75 Å². The van der Waals surface area contributed by atoms with E-state index in [9.17, 15) is 4.79 Å². The SMILES string of the molecule is COc1ccc(C(CNC(=O)c2cnc3c(cnn3C(C)C)c2)N2CCOCC2)cc1. The van der Waals surface area contributed by atoms with Gasteiger partial charge in [-0.05, 0) is 37.6 Å². The first-order valence-corrected chi connectivity index (χ1v) is 10.6. The fourth-order valence-electron chi connectivity index (χ4n) is 3.91. The third kappa shape index (κ3) is 4.70. The fraction of sp³-hybridized carbons (Fsp3) is 0.435. The summed E-state index contributed by atoms with van der Waals surface area (Å²) in [6.07, 6.45) is 3.38. The Labute approximate surface area is 182 Å². The maximum Gasteiger partial charge on any atom is 0.252 e. The van der Waals surface area contributed by atoms with Crippen LogP contribution in [0.5, 0.6) is 5.75 Å². The molecule has 0 bridgehead atoms. The average molecular weight is 424 g/mol. The third-order valence-electron chi connectivity index (χ3n) is 5.63. The summed E-state index contributed by atoms with van der Waals surface area (Å²) in [5.41, 5.74) is 2.46. The molecule has 0 saturated carbocycles. The zero-order valence-electron chi connectivity index (χ0n) is 18.2. The van der Waals surface area contributed by atoms with Crippen molar-refractivity contribution in [1.29, 1.82) is 0 Å². The summed E-state index contributed by atoms with van der Waals surface area (Å²) in [7, 11) is 1.66. The van der Waals surface area contributed by atoms with Crippen LogP contribution in [0.2, 0.25) is 0 Å². The van der Waals surface area contributed by atoms with Gasteiger partial charge in [0.05, 0.1) is 38.1 Å². The van der Waals surface area contributed by atoms with Crippen LogP contribution in [0, 0.1) is 0 Å². The highest BCUT2D eigenvalue weighted by Gasteiger charge is 2.24. The van der Waals surface area contributed by atoms with Crippen molar-refractivity contribution in [3.8, 4) is 5.75 Å². The Hall–Kier alpha value is -2.97. The number of benzene rings is 1. The molecule has 2 aromatic heterocycles. The molecule has 8 nitrogen and oxygen atoms in total. The number of ether oxygens (including phenoxy) is 2. The van der Waals surface area contributed by atoms with Crippen molar-refractivity contribution in [2.45, 2.75) is 25.9 Å². The monoisotopic (exact) mass is 423 g/mol. The van der Waals surface area contributed by atoms with E-state index >= 15 is 0 Å². The number of hydrogen-bond donors (Lipinski definition) is 1. The Morgan fingerprint density at radius 2 is 1.94 bits per heavy atom. The molecule has 1 aromatic carbocycles. The number of aromatic nitrogens is 3. The van der Waals surface area contributed by atoms with Crippen molar-refractivity contribution in [1.82, 2.24) is 25.0 Å². The molecule has 3 heterocycles. The molecular weight excluding hydrogens is 394 g/mol. The molecule has 4 rings (SSSR count). The third-order valence-corrected chi connectivity index (χ3v) is 5.63. The molecule has 1 N–H and O–H groups in total. The van der Waals surface area contributed by atoms with Crippen molar-refractivity contribution >= 4 is 16.9 Å². The lowest BCUT2D eigenvalue weighted by molar-refractivity contribution is 0.0162. The molecule has 1 amide bonds. The lowest BCUT2D eigenvalue weighted by Gasteiger charge is -2.35. The van der Waals surface area contributed by atoms with Gasteiger partial charge in [-0.2, -0.15) is 5.10 Å². The number of carbonyl (C=O) groups excluding carboxylic acids is 1. The summed E-state index contributed by atoms with van der Waals surface area (Å²) in [4.78, 5) is 19.7. The summed E-state index contributed by atoms with van der Waals surface area (Å²) in [6.45, 7) is 7.65. The van der Waals surface area contributed by atoms with Crippen LogP contribution in [0.1, 0.15) is 41.9 Å². The van der Waals surface area contributed by atoms with Gasteiger partial charge in [-0.3, -0.25) is 9.69 Å². The Bertz CT molecular complexity index is 1030. The number of carbonyl (C=O) groups is 1. The number of rotatable bonds is 7. The van der Waals surface area contributed by atoms with Gasteiger partial charge in [0.15, 0.2) is 5.65 Å². The average Bonchev–Trinajstić information content (AvgIpc) is 3.24. The van der Waals surface area contributed by atoms with Gasteiger partial charge in [0.25, 0.3) is 5.91 Å². The van der Waals surface area contributed by atoms with Crippen LogP contribution >= 0.6 is 0 Å². The standard InChI is InChI=1S/C23H29N5O3/c1-16(2)28-22-18(14-26-28)12-19(13-24-22)23(29)25-15-21(27-8-10-31-11-9-27)17-4-6-20(30-3)7-5-17/h4-7,12-14,16,21H,8-11,15H2,1-3H3,(H,25,29). The van der Waals surface area contributed by atoms with E-state index < -0.39 is 0 Å². The molecule has 1 fully saturated rings. The molecule has 1 aliphatic heterocycles. The quantitative estimate of drug-likeness (QED) is 0.629. The predicted octanol–water partition coefficient (Wildman–Crippen LogP) is 2.82. The van der Waals surface area contributed by atoms with Crippen LogP contribution in [-0.4, -0.2) is 65.5 Å². The molecule has 1 aliphatic rings. The van der Waals surface area contributed by atoms with Crippen molar-refractivity contribution in [3.63, 3.8) is 0 Å². The summed E-state index contributed by atoms with van der Waals surface area (Å²) in [5, 5.41) is 8.34. The highest BCUT2D eigenvalue weighted by atomic mass is 16.5. The molecule has 1 saturated heterocycles. The maximum absolute atomic E-state index is 12.9. The smallest absolute Gasteiger partial charge is 0.252 e. The second-order valence-corrected chi connectivity index (χ2v) is 7.97. The largest absolute Gasteiger partial charge is 0.497 e. The van der Waals surface area contributed by atoms with E-state index in [0.717, 1.165) is 35.4 Å². The van der Waals surface area contributed by atoms with E-state index in [2.05, 4.69) is 46.3 Å². The molecule has 8 heteroatoms. The number of methoxy groups -OCH3 is 1. The first-order valence-electron chi connectivity index (χ1n) is 10.6. The number of hydrogen-bond acceptors (Lipinski definition) is 6. The number of amides is 1. The molecule has 3 aromatic rings. The van der Waals surface area contributed by atoms with Crippen LogP contribution < -0.4 is 10.1 Å². The van der Waals surface area contributed by atoms with Crippen molar-refractivity contribution < 1.29 is 14.3 Å². The van der Waals surface area contributed by atoms with E-state index in [1.54, 1.807) is 19.5 Å². The Morgan fingerprint density at radius 1 is 1.19 bits per heavy atom. The minimum absolute atomic E-state index is 0.0548. The van der Waals surface area contributed by atoms with Crippen LogP contribution in [0.4, 0.5) is 0 Å². The highest BCUT2D eigenvalue weighted by molar-refractivity contribution is 5.96. The van der Waals surface area contributed by atoms with Crippen molar-refractivity contribution in [2.24, 2.45) is 0 Å². The summed E-state index contributed by atoms with van der Waals surface area (Å²) in [6, 6.07) is 10.1. The van der Waals surface area contributed by atoms with Gasteiger partial charge < -0.3 is 14.8 Å². The molecule has 1 atom stereocenters.